The zero-order chi connectivity index (χ0) is 31.7. The van der Waals surface area contributed by atoms with E-state index in [9.17, 15) is 56.2 Å². The molecule has 0 aromatic rings. The quantitative estimate of drug-likeness (QED) is 0.128. The SMILES string of the molecule is CC1OC(CO)C(O)C(O)C1O.CN1CC(CO)(CO)C(O)C(CO)(CO)C1.CNC1C(O)OC(CO)C(O)C1O. The number of nitrogens with one attached hydrogen (secondary N) is 1. The molecule has 0 amide bonds. The van der Waals surface area contributed by atoms with E-state index in [4.69, 9.17) is 19.7 Å². The Morgan fingerprint density at radius 2 is 1.07 bits per heavy atom. The number of aliphatic hydroxyl groups excluding tert-OH is 13. The Morgan fingerprint density at radius 1 is 0.659 bits per heavy atom. The summed E-state index contributed by atoms with van der Waals surface area (Å²) in [6.45, 7) is -0.156. The first-order valence-corrected chi connectivity index (χ1v) is 13.3. The third-order valence-electron chi connectivity index (χ3n) is 7.95. The third kappa shape index (κ3) is 8.70. The van der Waals surface area contributed by atoms with Crippen molar-refractivity contribution in [1.29, 1.82) is 0 Å². The van der Waals surface area contributed by atoms with E-state index in [-0.39, 0.29) is 6.61 Å². The van der Waals surface area contributed by atoms with Crippen LogP contribution in [0.5, 0.6) is 0 Å². The molecule has 0 radical (unpaired) electrons. The Morgan fingerprint density at radius 3 is 1.46 bits per heavy atom. The number of hydrogen-bond acceptors (Lipinski definition) is 17. The van der Waals surface area contributed by atoms with Crippen LogP contribution < -0.4 is 5.32 Å². The van der Waals surface area contributed by atoms with Gasteiger partial charge in [-0.1, -0.05) is 0 Å². The predicted molar refractivity (Wildman–Crippen MR) is 139 cm³/mol. The van der Waals surface area contributed by atoms with Crippen molar-refractivity contribution in [2.75, 3.05) is 66.8 Å². The van der Waals surface area contributed by atoms with E-state index in [1.807, 2.05) is 0 Å². The highest BCUT2D eigenvalue weighted by molar-refractivity contribution is 5.04. The minimum absolute atomic E-state index is 0.322. The molecule has 0 aromatic heterocycles. The maximum Gasteiger partial charge on any atom is 0.173 e. The lowest BCUT2D eigenvalue weighted by molar-refractivity contribution is -0.253. The van der Waals surface area contributed by atoms with E-state index in [0.717, 1.165) is 0 Å². The zero-order valence-corrected chi connectivity index (χ0v) is 23.6. The minimum Gasteiger partial charge on any atom is -0.396 e. The number of nitrogens with zero attached hydrogens (tertiary/aromatic N) is 1. The van der Waals surface area contributed by atoms with Gasteiger partial charge in [-0.15, -0.1) is 0 Å². The average Bonchev–Trinajstić information content (AvgIpc) is 2.97. The molecule has 0 saturated carbocycles. The smallest absolute Gasteiger partial charge is 0.173 e. The van der Waals surface area contributed by atoms with E-state index >= 15 is 0 Å². The lowest BCUT2D eigenvalue weighted by Crippen LogP contribution is -2.66. The highest BCUT2D eigenvalue weighted by atomic mass is 16.6. The van der Waals surface area contributed by atoms with Gasteiger partial charge < -0.3 is 86.1 Å². The molecular weight excluding hydrogens is 556 g/mol. The van der Waals surface area contributed by atoms with Crippen LogP contribution in [0.25, 0.3) is 0 Å². The van der Waals surface area contributed by atoms with Crippen LogP contribution in [0.4, 0.5) is 0 Å². The highest BCUT2D eigenvalue weighted by Crippen LogP contribution is 2.39. The summed E-state index contributed by atoms with van der Waals surface area (Å²) in [6, 6.07) is -0.738. The first kappa shape index (κ1) is 38.3. The van der Waals surface area contributed by atoms with Crippen molar-refractivity contribution in [3.05, 3.63) is 0 Å². The lowest BCUT2D eigenvalue weighted by Gasteiger charge is -2.52. The second-order valence-electron chi connectivity index (χ2n) is 11.0. The summed E-state index contributed by atoms with van der Waals surface area (Å²) in [4.78, 5) is 1.78. The lowest BCUT2D eigenvalue weighted by atomic mass is 9.65. The fourth-order valence-corrected chi connectivity index (χ4v) is 5.30. The molecular formula is C24H50N2O15. The van der Waals surface area contributed by atoms with Crippen LogP contribution in [0, 0.1) is 10.8 Å². The van der Waals surface area contributed by atoms with Gasteiger partial charge in [-0.3, -0.25) is 0 Å². The molecule has 17 nitrogen and oxygen atoms in total. The van der Waals surface area contributed by atoms with Gasteiger partial charge in [-0.2, -0.15) is 0 Å². The number of rotatable bonds is 7. The molecule has 3 aliphatic rings. The first-order chi connectivity index (χ1) is 19.2. The summed E-state index contributed by atoms with van der Waals surface area (Å²) >= 11 is 0. The van der Waals surface area contributed by atoms with Crippen LogP contribution in [-0.2, 0) is 9.47 Å². The third-order valence-corrected chi connectivity index (χ3v) is 7.95. The molecule has 3 saturated heterocycles. The van der Waals surface area contributed by atoms with Crippen LogP contribution >= 0.6 is 0 Å². The van der Waals surface area contributed by atoms with Crippen molar-refractivity contribution in [1.82, 2.24) is 10.2 Å². The Hall–Kier alpha value is -0.680. The molecule has 3 rings (SSSR count). The summed E-state index contributed by atoms with van der Waals surface area (Å²) in [6.07, 6.45) is -10.6. The fourth-order valence-electron chi connectivity index (χ4n) is 5.30. The van der Waals surface area contributed by atoms with Crippen molar-refractivity contribution >= 4 is 0 Å². The molecule has 10 unspecified atom stereocenters. The molecule has 0 spiro atoms. The zero-order valence-electron chi connectivity index (χ0n) is 23.6. The number of hydrogen-bond donors (Lipinski definition) is 14. The van der Waals surface area contributed by atoms with Crippen molar-refractivity contribution in [3.63, 3.8) is 0 Å². The van der Waals surface area contributed by atoms with E-state index in [2.05, 4.69) is 5.32 Å². The normalized spacial score (nSPS) is 39.2. The van der Waals surface area contributed by atoms with E-state index in [1.165, 1.54) is 7.05 Å². The number of piperidine rings is 1. The molecule has 0 aliphatic carbocycles. The predicted octanol–water partition coefficient (Wildman–Crippen LogP) is -7.91. The Labute approximate surface area is 238 Å². The van der Waals surface area contributed by atoms with Gasteiger partial charge in [0.2, 0.25) is 0 Å². The van der Waals surface area contributed by atoms with Gasteiger partial charge >= 0.3 is 0 Å². The van der Waals surface area contributed by atoms with Crippen LogP contribution in [0.15, 0.2) is 0 Å². The average molecular weight is 607 g/mol. The maximum absolute atomic E-state index is 10.2. The van der Waals surface area contributed by atoms with E-state index < -0.39 is 111 Å². The van der Waals surface area contributed by atoms with Gasteiger partial charge in [0.1, 0.15) is 42.7 Å². The van der Waals surface area contributed by atoms with Gasteiger partial charge in [0.25, 0.3) is 0 Å². The summed E-state index contributed by atoms with van der Waals surface area (Å²) in [5.74, 6) is 0. The first-order valence-electron chi connectivity index (χ1n) is 13.3. The number of likely N-dealkylation sites (N-methyl/N-ethyl adjacent to an activating group) is 1. The highest BCUT2D eigenvalue weighted by Gasteiger charge is 2.54. The second-order valence-corrected chi connectivity index (χ2v) is 11.0. The second kappa shape index (κ2) is 17.0. The Bertz CT molecular complexity index is 704. The Balaban J connectivity index is 0.000000311. The van der Waals surface area contributed by atoms with E-state index in [0.29, 0.717) is 13.1 Å². The monoisotopic (exact) mass is 606 g/mol. The van der Waals surface area contributed by atoms with Gasteiger partial charge in [0, 0.05) is 13.1 Å². The number of aliphatic hydroxyl groups is 13. The van der Waals surface area contributed by atoms with Gasteiger partial charge in [-0.25, -0.2) is 0 Å². The van der Waals surface area contributed by atoms with Crippen LogP contribution in [-0.4, -0.2) is 205 Å². The molecule has 41 heavy (non-hydrogen) atoms. The van der Waals surface area contributed by atoms with Crippen LogP contribution in [0.2, 0.25) is 0 Å². The van der Waals surface area contributed by atoms with Crippen molar-refractivity contribution in [2.24, 2.45) is 10.8 Å². The summed E-state index contributed by atoms with van der Waals surface area (Å²) in [5, 5.41) is 123. The topological polar surface area (TPSA) is 297 Å². The molecule has 17 heteroatoms. The number of likely N-dealkylation sites (tertiary alicyclic amines) is 1. The van der Waals surface area contributed by atoms with Crippen LogP contribution in [0.1, 0.15) is 6.92 Å². The molecule has 14 N–H and O–H groups in total. The molecule has 246 valence electrons. The molecule has 3 aliphatic heterocycles. The summed E-state index contributed by atoms with van der Waals surface area (Å²) in [7, 11) is 3.29. The molecule has 3 fully saturated rings. The molecule has 0 aromatic carbocycles. The standard InChI is InChI=1S/C10H21NO5.C7H15NO5.C7H14O5/c1-11-2-9(4-12,5-13)8(16)10(3-11,6-14)7-15;1-8-4-6(11)5(10)3(2-9)13-7(4)12;1-3-5(9)7(11)6(10)4(2-8)12-3/h8,12-16H,2-7H2,1H3;3-12H,2H2,1H3;3-11H,2H2,1H3. The maximum atomic E-state index is 10.2. The van der Waals surface area contributed by atoms with Crippen molar-refractivity contribution in [2.45, 2.75) is 74.2 Å². The summed E-state index contributed by atoms with van der Waals surface area (Å²) in [5.41, 5.74) is -2.20. The fraction of sp³-hybridized carbons (Fsp3) is 1.00. The van der Waals surface area contributed by atoms with Crippen molar-refractivity contribution < 1.29 is 75.9 Å². The molecule has 3 heterocycles. The van der Waals surface area contributed by atoms with E-state index in [1.54, 1.807) is 18.9 Å². The minimum atomic E-state index is -1.24. The van der Waals surface area contributed by atoms with Crippen LogP contribution in [0.3, 0.4) is 0 Å². The summed E-state index contributed by atoms with van der Waals surface area (Å²) < 4.78 is 9.88. The molecule has 0 bridgehead atoms. The Kier molecular flexibility index (Phi) is 15.9. The van der Waals surface area contributed by atoms with Crippen molar-refractivity contribution in [3.8, 4) is 0 Å². The largest absolute Gasteiger partial charge is 0.396 e. The van der Waals surface area contributed by atoms with Gasteiger partial charge in [0.05, 0.1) is 68.7 Å². The molecule has 10 atom stereocenters. The van der Waals surface area contributed by atoms with Gasteiger partial charge in [-0.05, 0) is 21.0 Å². The number of ether oxygens (including phenoxy) is 2. The van der Waals surface area contributed by atoms with Gasteiger partial charge in [0.15, 0.2) is 6.29 Å².